The maximum absolute atomic E-state index is 9.23. The molecule has 0 spiro atoms. The maximum atomic E-state index is 9.23. The summed E-state index contributed by atoms with van der Waals surface area (Å²) in [6, 6.07) is 7.16. The lowest BCUT2D eigenvalue weighted by Crippen LogP contribution is -2.42. The molecule has 1 aliphatic rings. The second-order valence-corrected chi connectivity index (χ2v) is 4.82. The van der Waals surface area contributed by atoms with Crippen molar-refractivity contribution in [2.75, 3.05) is 0 Å². The van der Waals surface area contributed by atoms with Gasteiger partial charge in [-0.2, -0.15) is 0 Å². The van der Waals surface area contributed by atoms with Crippen LogP contribution in [-0.2, 0) is 6.42 Å². The van der Waals surface area contributed by atoms with Gasteiger partial charge in [0.2, 0.25) is 0 Å². The fraction of sp³-hybridized carbons (Fsp3) is 0.286. The molecule has 0 aliphatic heterocycles. The van der Waals surface area contributed by atoms with Gasteiger partial charge in [-0.05, 0) is 49.1 Å². The Balaban J connectivity index is 2.15. The van der Waals surface area contributed by atoms with Crippen LogP contribution < -0.4 is 11.5 Å². The van der Waals surface area contributed by atoms with Crippen molar-refractivity contribution in [3.8, 4) is 5.75 Å². The summed E-state index contributed by atoms with van der Waals surface area (Å²) in [5.74, 6) is 0.277. The third-order valence-electron chi connectivity index (χ3n) is 3.15. The van der Waals surface area contributed by atoms with Crippen LogP contribution >= 0.6 is 0 Å². The van der Waals surface area contributed by atoms with Crippen molar-refractivity contribution < 1.29 is 5.11 Å². The van der Waals surface area contributed by atoms with Crippen LogP contribution in [0.15, 0.2) is 47.7 Å². The van der Waals surface area contributed by atoms with Crippen LogP contribution in [-0.4, -0.2) is 10.6 Å². The van der Waals surface area contributed by atoms with Gasteiger partial charge in [-0.3, -0.25) is 0 Å². The van der Waals surface area contributed by atoms with Crippen LogP contribution in [0.4, 0.5) is 0 Å². The molecule has 1 aliphatic carbocycles. The first-order valence-electron chi connectivity index (χ1n) is 5.70. The molecule has 90 valence electrons. The number of hydrogen-bond acceptors (Lipinski definition) is 3. The molecule has 0 saturated heterocycles. The Morgan fingerprint density at radius 1 is 1.29 bits per heavy atom. The molecule has 1 aromatic rings. The third kappa shape index (κ3) is 2.68. The van der Waals surface area contributed by atoms with Crippen LogP contribution in [0, 0.1) is 0 Å². The van der Waals surface area contributed by atoms with E-state index in [1.807, 2.05) is 31.2 Å². The van der Waals surface area contributed by atoms with Gasteiger partial charge in [0.15, 0.2) is 0 Å². The van der Waals surface area contributed by atoms with E-state index in [9.17, 15) is 5.11 Å². The molecule has 0 amide bonds. The van der Waals surface area contributed by atoms with E-state index in [0.29, 0.717) is 0 Å². The maximum Gasteiger partial charge on any atom is 0.115 e. The number of aromatic hydroxyl groups is 1. The lowest BCUT2D eigenvalue weighted by Gasteiger charge is -2.30. The van der Waals surface area contributed by atoms with E-state index in [0.717, 1.165) is 29.7 Å². The zero-order valence-corrected chi connectivity index (χ0v) is 9.98. The fourth-order valence-electron chi connectivity index (χ4n) is 2.17. The van der Waals surface area contributed by atoms with Crippen LogP contribution in [0.25, 0.3) is 0 Å². The molecule has 5 N–H and O–H groups in total. The summed E-state index contributed by atoms with van der Waals surface area (Å²) in [5, 5.41) is 9.23. The molecule has 0 saturated carbocycles. The molecule has 1 unspecified atom stereocenters. The molecule has 0 aromatic heterocycles. The topological polar surface area (TPSA) is 72.3 Å². The summed E-state index contributed by atoms with van der Waals surface area (Å²) in [7, 11) is 0. The van der Waals surface area contributed by atoms with Gasteiger partial charge in [-0.15, -0.1) is 0 Å². The number of allylic oxidation sites excluding steroid dienone is 1. The number of phenolic OH excluding ortho intramolecular Hbond substituents is 1. The summed E-state index contributed by atoms with van der Waals surface area (Å²) >= 11 is 0. The molecule has 1 aromatic carbocycles. The van der Waals surface area contributed by atoms with Crippen molar-refractivity contribution in [1.82, 2.24) is 0 Å². The number of nitrogens with two attached hydrogens (primary N) is 2. The lowest BCUT2D eigenvalue weighted by atomic mass is 9.82. The minimum Gasteiger partial charge on any atom is -0.508 e. The van der Waals surface area contributed by atoms with Gasteiger partial charge in [0.1, 0.15) is 5.75 Å². The first-order chi connectivity index (χ1) is 7.98. The summed E-state index contributed by atoms with van der Waals surface area (Å²) < 4.78 is 0. The minimum atomic E-state index is -0.371. The van der Waals surface area contributed by atoms with E-state index in [2.05, 4.69) is 0 Å². The SMILES string of the molecule is CC1=C(N)C=CC(N)(Cc2ccc(O)cc2)C1. The molecule has 0 radical (unpaired) electrons. The number of rotatable bonds is 2. The normalized spacial score (nSPS) is 24.1. The highest BCUT2D eigenvalue weighted by Gasteiger charge is 2.25. The molecule has 3 heteroatoms. The van der Waals surface area contributed by atoms with Crippen LogP contribution in [0.2, 0.25) is 0 Å². The van der Waals surface area contributed by atoms with Gasteiger partial charge >= 0.3 is 0 Å². The third-order valence-corrected chi connectivity index (χ3v) is 3.15. The van der Waals surface area contributed by atoms with Gasteiger partial charge in [-0.1, -0.05) is 18.2 Å². The van der Waals surface area contributed by atoms with Crippen molar-refractivity contribution >= 4 is 0 Å². The Morgan fingerprint density at radius 2 is 1.94 bits per heavy atom. The second-order valence-electron chi connectivity index (χ2n) is 4.82. The zero-order chi connectivity index (χ0) is 12.5. The van der Waals surface area contributed by atoms with Gasteiger partial charge in [-0.25, -0.2) is 0 Å². The molecule has 1 atom stereocenters. The number of phenols is 1. The average Bonchev–Trinajstić information content (AvgIpc) is 2.28. The number of hydrogen-bond donors (Lipinski definition) is 3. The van der Waals surface area contributed by atoms with E-state index >= 15 is 0 Å². The van der Waals surface area contributed by atoms with Gasteiger partial charge in [0, 0.05) is 11.2 Å². The van der Waals surface area contributed by atoms with Crippen LogP contribution in [0.3, 0.4) is 0 Å². The van der Waals surface area contributed by atoms with Crippen molar-refractivity contribution in [3.63, 3.8) is 0 Å². The van der Waals surface area contributed by atoms with Crippen molar-refractivity contribution in [1.29, 1.82) is 0 Å². The quantitative estimate of drug-likeness (QED) is 0.725. The monoisotopic (exact) mass is 230 g/mol. The lowest BCUT2D eigenvalue weighted by molar-refractivity contribution is 0.473. The first-order valence-corrected chi connectivity index (χ1v) is 5.70. The average molecular weight is 230 g/mol. The molecule has 0 bridgehead atoms. The highest BCUT2D eigenvalue weighted by Crippen LogP contribution is 2.26. The number of benzene rings is 1. The predicted octanol–water partition coefficient (Wildman–Crippen LogP) is 1.82. The summed E-state index contributed by atoms with van der Waals surface area (Å²) in [6.07, 6.45) is 5.38. The molecule has 2 rings (SSSR count). The minimum absolute atomic E-state index is 0.277. The summed E-state index contributed by atoms with van der Waals surface area (Å²) in [6.45, 7) is 2.01. The molecular formula is C14H18N2O. The Morgan fingerprint density at radius 3 is 2.53 bits per heavy atom. The zero-order valence-electron chi connectivity index (χ0n) is 9.98. The van der Waals surface area contributed by atoms with E-state index < -0.39 is 0 Å². The highest BCUT2D eigenvalue weighted by molar-refractivity contribution is 5.35. The molecule has 0 fully saturated rings. The van der Waals surface area contributed by atoms with E-state index in [1.54, 1.807) is 12.1 Å². The van der Waals surface area contributed by atoms with Crippen molar-refractivity contribution in [3.05, 3.63) is 53.3 Å². The Hall–Kier alpha value is -1.74. The second kappa shape index (κ2) is 4.26. The van der Waals surface area contributed by atoms with Crippen molar-refractivity contribution in [2.24, 2.45) is 11.5 Å². The van der Waals surface area contributed by atoms with Crippen LogP contribution in [0.1, 0.15) is 18.9 Å². The predicted molar refractivity (Wildman–Crippen MR) is 69.4 cm³/mol. The summed E-state index contributed by atoms with van der Waals surface area (Å²) in [4.78, 5) is 0. The first kappa shape index (κ1) is 11.7. The Kier molecular flexibility index (Phi) is 2.94. The molecular weight excluding hydrogens is 212 g/mol. The van der Waals surface area contributed by atoms with E-state index in [1.165, 1.54) is 0 Å². The standard InChI is InChI=1S/C14H18N2O/c1-10-8-14(16,7-6-13(10)15)9-11-2-4-12(17)5-3-11/h2-7,17H,8-9,15-16H2,1H3. The highest BCUT2D eigenvalue weighted by atomic mass is 16.3. The van der Waals surface area contributed by atoms with Crippen LogP contribution in [0.5, 0.6) is 5.75 Å². The fourth-order valence-corrected chi connectivity index (χ4v) is 2.17. The Labute approximate surface area is 101 Å². The van der Waals surface area contributed by atoms with E-state index in [4.69, 9.17) is 11.5 Å². The molecule has 0 heterocycles. The largest absolute Gasteiger partial charge is 0.508 e. The smallest absolute Gasteiger partial charge is 0.115 e. The molecule has 17 heavy (non-hydrogen) atoms. The van der Waals surface area contributed by atoms with Gasteiger partial charge in [0.05, 0.1) is 0 Å². The Bertz CT molecular complexity index is 474. The van der Waals surface area contributed by atoms with Crippen molar-refractivity contribution in [2.45, 2.75) is 25.3 Å². The molecule has 3 nitrogen and oxygen atoms in total. The summed E-state index contributed by atoms with van der Waals surface area (Å²) in [5.41, 5.74) is 14.9. The van der Waals surface area contributed by atoms with Gasteiger partial charge in [0.25, 0.3) is 0 Å². The van der Waals surface area contributed by atoms with E-state index in [-0.39, 0.29) is 11.3 Å². The van der Waals surface area contributed by atoms with Gasteiger partial charge < -0.3 is 16.6 Å².